The summed E-state index contributed by atoms with van der Waals surface area (Å²) in [6.45, 7) is 4.12. The Morgan fingerprint density at radius 3 is 3.13 bits per heavy atom. The predicted molar refractivity (Wildman–Crippen MR) is 69.6 cm³/mol. The summed E-state index contributed by atoms with van der Waals surface area (Å²) < 4.78 is 0. The molecular weight excluding hydrogens is 224 g/mol. The van der Waals surface area contributed by atoms with Crippen LogP contribution in [-0.2, 0) is 6.42 Å². The summed E-state index contributed by atoms with van der Waals surface area (Å²) >= 11 is 3.53. The zero-order chi connectivity index (χ0) is 10.9. The minimum Gasteiger partial charge on any atom is -0.316 e. The average Bonchev–Trinajstić information content (AvgIpc) is 2.63. The number of terminal acetylenes is 1. The van der Waals surface area contributed by atoms with Crippen LogP contribution in [0.4, 0.5) is 0 Å². The lowest BCUT2D eigenvalue weighted by Gasteiger charge is -2.02. The SMILES string of the molecule is C#CCSCCNCCc1scnc1C. The van der Waals surface area contributed by atoms with Crippen molar-refractivity contribution in [1.29, 1.82) is 0 Å². The number of hydrogen-bond acceptors (Lipinski definition) is 4. The minimum absolute atomic E-state index is 0.815. The van der Waals surface area contributed by atoms with Gasteiger partial charge < -0.3 is 5.32 Å². The zero-order valence-electron chi connectivity index (χ0n) is 8.95. The quantitative estimate of drug-likeness (QED) is 0.582. The van der Waals surface area contributed by atoms with E-state index in [-0.39, 0.29) is 0 Å². The molecule has 0 bridgehead atoms. The Morgan fingerprint density at radius 1 is 1.60 bits per heavy atom. The van der Waals surface area contributed by atoms with Gasteiger partial charge in [0.15, 0.2) is 0 Å². The smallest absolute Gasteiger partial charge is 0.0797 e. The molecule has 15 heavy (non-hydrogen) atoms. The number of nitrogens with zero attached hydrogens (tertiary/aromatic N) is 1. The molecule has 0 aliphatic rings. The van der Waals surface area contributed by atoms with Crippen molar-refractivity contribution in [2.24, 2.45) is 0 Å². The first-order valence-corrected chi connectivity index (χ1v) is 6.99. The van der Waals surface area contributed by atoms with Gasteiger partial charge in [0.05, 0.1) is 17.0 Å². The fraction of sp³-hybridized carbons (Fsp3) is 0.545. The second-order valence-corrected chi connectivity index (χ2v) is 5.16. The summed E-state index contributed by atoms with van der Waals surface area (Å²) in [5.74, 6) is 4.52. The molecule has 0 radical (unpaired) electrons. The summed E-state index contributed by atoms with van der Waals surface area (Å²) in [5, 5.41) is 3.40. The van der Waals surface area contributed by atoms with Crippen LogP contribution in [0, 0.1) is 19.3 Å². The Balaban J connectivity index is 1.98. The molecule has 0 amide bonds. The van der Waals surface area contributed by atoms with E-state index in [1.54, 1.807) is 23.1 Å². The second kappa shape index (κ2) is 7.75. The number of thioether (sulfide) groups is 1. The molecule has 0 atom stereocenters. The van der Waals surface area contributed by atoms with E-state index in [9.17, 15) is 0 Å². The van der Waals surface area contributed by atoms with E-state index >= 15 is 0 Å². The van der Waals surface area contributed by atoms with Crippen molar-refractivity contribution in [3.05, 3.63) is 16.1 Å². The zero-order valence-corrected chi connectivity index (χ0v) is 10.6. The Hall–Kier alpha value is -0.500. The molecule has 1 heterocycles. The van der Waals surface area contributed by atoms with Crippen molar-refractivity contribution < 1.29 is 0 Å². The van der Waals surface area contributed by atoms with Gasteiger partial charge in [0.25, 0.3) is 0 Å². The van der Waals surface area contributed by atoms with Gasteiger partial charge in [0, 0.05) is 23.7 Å². The molecule has 0 unspecified atom stereocenters. The Kier molecular flexibility index (Phi) is 6.49. The summed E-state index contributed by atoms with van der Waals surface area (Å²) in [6, 6.07) is 0. The summed E-state index contributed by atoms with van der Waals surface area (Å²) in [4.78, 5) is 5.61. The molecule has 0 fully saturated rings. The molecule has 0 aliphatic heterocycles. The third-order valence-corrected chi connectivity index (χ3v) is 3.84. The first kappa shape index (κ1) is 12.6. The molecule has 0 saturated carbocycles. The highest BCUT2D eigenvalue weighted by atomic mass is 32.2. The van der Waals surface area contributed by atoms with Gasteiger partial charge in [0.1, 0.15) is 0 Å². The molecule has 1 aromatic heterocycles. The molecule has 1 aromatic rings. The molecule has 1 N–H and O–H groups in total. The van der Waals surface area contributed by atoms with E-state index in [2.05, 4.69) is 23.1 Å². The van der Waals surface area contributed by atoms with Crippen molar-refractivity contribution >= 4 is 23.1 Å². The van der Waals surface area contributed by atoms with Gasteiger partial charge in [-0.25, -0.2) is 4.98 Å². The largest absolute Gasteiger partial charge is 0.316 e. The summed E-state index contributed by atoms with van der Waals surface area (Å²) in [5.41, 5.74) is 3.08. The molecule has 0 saturated heterocycles. The van der Waals surface area contributed by atoms with E-state index in [0.29, 0.717) is 0 Å². The first-order chi connectivity index (χ1) is 7.34. The van der Waals surface area contributed by atoms with Crippen molar-refractivity contribution in [3.8, 4) is 12.3 Å². The molecule has 1 rings (SSSR count). The average molecular weight is 240 g/mol. The molecule has 0 spiro atoms. The summed E-state index contributed by atoms with van der Waals surface area (Å²) in [6.07, 6.45) is 6.23. The molecule has 82 valence electrons. The normalized spacial score (nSPS) is 10.1. The van der Waals surface area contributed by atoms with Crippen molar-refractivity contribution in [3.63, 3.8) is 0 Å². The Bertz CT molecular complexity index is 315. The number of aromatic nitrogens is 1. The molecule has 2 nitrogen and oxygen atoms in total. The lowest BCUT2D eigenvalue weighted by molar-refractivity contribution is 0.723. The van der Waals surface area contributed by atoms with E-state index in [0.717, 1.165) is 31.0 Å². The topological polar surface area (TPSA) is 24.9 Å². The molecular formula is C11H16N2S2. The standard InChI is InChI=1S/C11H16N2S2/c1-3-7-14-8-6-12-5-4-11-10(2)13-9-15-11/h1,9,12H,4-8H2,2H3. The van der Waals surface area contributed by atoms with Gasteiger partial charge in [-0.15, -0.1) is 29.5 Å². The number of nitrogens with one attached hydrogen (secondary N) is 1. The summed E-state index contributed by atoms with van der Waals surface area (Å²) in [7, 11) is 0. The van der Waals surface area contributed by atoms with Crippen LogP contribution in [0.3, 0.4) is 0 Å². The van der Waals surface area contributed by atoms with Crippen LogP contribution in [0.5, 0.6) is 0 Å². The van der Waals surface area contributed by atoms with Crippen molar-refractivity contribution in [1.82, 2.24) is 10.3 Å². The second-order valence-electron chi connectivity index (χ2n) is 3.12. The molecule has 0 aromatic carbocycles. The maximum absolute atomic E-state index is 5.15. The highest BCUT2D eigenvalue weighted by Gasteiger charge is 1.99. The highest BCUT2D eigenvalue weighted by molar-refractivity contribution is 7.99. The maximum Gasteiger partial charge on any atom is 0.0797 e. The van der Waals surface area contributed by atoms with Crippen LogP contribution in [0.25, 0.3) is 0 Å². The molecule has 0 aliphatic carbocycles. The third-order valence-electron chi connectivity index (χ3n) is 1.98. The van der Waals surface area contributed by atoms with Gasteiger partial charge in [-0.3, -0.25) is 0 Å². The van der Waals surface area contributed by atoms with Crippen LogP contribution in [0.1, 0.15) is 10.6 Å². The number of rotatable bonds is 7. The van der Waals surface area contributed by atoms with Gasteiger partial charge in [-0.1, -0.05) is 5.92 Å². The van der Waals surface area contributed by atoms with Crippen LogP contribution in [-0.4, -0.2) is 29.6 Å². The van der Waals surface area contributed by atoms with E-state index < -0.39 is 0 Å². The van der Waals surface area contributed by atoms with E-state index in [1.165, 1.54) is 10.6 Å². The Labute approximate surface area is 99.9 Å². The van der Waals surface area contributed by atoms with E-state index in [4.69, 9.17) is 6.42 Å². The fourth-order valence-corrected chi connectivity index (χ4v) is 2.50. The van der Waals surface area contributed by atoms with Crippen LogP contribution in [0.15, 0.2) is 5.51 Å². The van der Waals surface area contributed by atoms with Gasteiger partial charge in [-0.2, -0.15) is 0 Å². The highest BCUT2D eigenvalue weighted by Crippen LogP contribution is 2.11. The minimum atomic E-state index is 0.815. The number of aryl methyl sites for hydroxylation is 1. The van der Waals surface area contributed by atoms with Gasteiger partial charge in [-0.05, 0) is 13.3 Å². The van der Waals surface area contributed by atoms with Crippen LogP contribution in [0.2, 0.25) is 0 Å². The lowest BCUT2D eigenvalue weighted by atomic mass is 10.3. The van der Waals surface area contributed by atoms with Gasteiger partial charge in [0.2, 0.25) is 0 Å². The fourth-order valence-electron chi connectivity index (χ4n) is 1.17. The Morgan fingerprint density at radius 2 is 2.47 bits per heavy atom. The number of hydrogen-bond donors (Lipinski definition) is 1. The van der Waals surface area contributed by atoms with Crippen LogP contribution >= 0.6 is 23.1 Å². The van der Waals surface area contributed by atoms with Crippen molar-refractivity contribution in [2.75, 3.05) is 24.6 Å². The third kappa shape index (κ3) is 5.22. The van der Waals surface area contributed by atoms with Crippen LogP contribution < -0.4 is 5.32 Å². The maximum atomic E-state index is 5.15. The lowest BCUT2D eigenvalue weighted by Crippen LogP contribution is -2.20. The first-order valence-electron chi connectivity index (χ1n) is 4.95. The van der Waals surface area contributed by atoms with Gasteiger partial charge >= 0.3 is 0 Å². The predicted octanol–water partition coefficient (Wildman–Crippen LogP) is 1.95. The monoisotopic (exact) mass is 240 g/mol. The van der Waals surface area contributed by atoms with Crippen molar-refractivity contribution in [2.45, 2.75) is 13.3 Å². The van der Waals surface area contributed by atoms with E-state index in [1.807, 2.05) is 5.51 Å². The molecule has 4 heteroatoms. The number of thiazole rings is 1.